The van der Waals surface area contributed by atoms with E-state index in [1.807, 2.05) is 24.3 Å². The van der Waals surface area contributed by atoms with Gasteiger partial charge in [-0.05, 0) is 37.3 Å². The topological polar surface area (TPSA) is 66.4 Å². The van der Waals surface area contributed by atoms with Crippen molar-refractivity contribution in [2.45, 2.75) is 46.1 Å². The Balaban J connectivity index is 2.69. The molecule has 1 aromatic carbocycles. The zero-order valence-electron chi connectivity index (χ0n) is 12.5. The minimum Gasteiger partial charge on any atom is -0.480 e. The summed E-state index contributed by atoms with van der Waals surface area (Å²) >= 11 is 0. The average molecular weight is 277 g/mol. The fourth-order valence-electron chi connectivity index (χ4n) is 1.97. The van der Waals surface area contributed by atoms with Crippen LogP contribution in [-0.2, 0) is 16.0 Å². The summed E-state index contributed by atoms with van der Waals surface area (Å²) in [7, 11) is 0. The van der Waals surface area contributed by atoms with Crippen LogP contribution in [0.2, 0.25) is 0 Å². The van der Waals surface area contributed by atoms with E-state index in [0.29, 0.717) is 5.92 Å². The van der Waals surface area contributed by atoms with Gasteiger partial charge < -0.3 is 10.4 Å². The molecule has 0 saturated heterocycles. The summed E-state index contributed by atoms with van der Waals surface area (Å²) in [6.07, 6.45) is 1.01. The number of nitrogens with one attached hydrogen (secondary N) is 1. The molecular formula is C16H23NO3. The van der Waals surface area contributed by atoms with Gasteiger partial charge in [0.05, 0.1) is 5.92 Å². The Labute approximate surface area is 120 Å². The molecule has 0 saturated carbocycles. The molecule has 2 N–H and O–H groups in total. The summed E-state index contributed by atoms with van der Waals surface area (Å²) < 4.78 is 0. The number of carboxylic acids is 1. The second kappa shape index (κ2) is 7.08. The molecule has 0 aromatic heterocycles. The Kier molecular flexibility index (Phi) is 5.74. The second-order valence-corrected chi connectivity index (χ2v) is 5.63. The summed E-state index contributed by atoms with van der Waals surface area (Å²) in [5, 5.41) is 11.3. The summed E-state index contributed by atoms with van der Waals surface area (Å²) in [4.78, 5) is 22.7. The lowest BCUT2D eigenvalue weighted by Crippen LogP contribution is -2.40. The third kappa shape index (κ3) is 4.68. The van der Waals surface area contributed by atoms with Crippen molar-refractivity contribution in [3.05, 3.63) is 35.4 Å². The Morgan fingerprint density at radius 3 is 2.10 bits per heavy atom. The molecule has 1 rings (SSSR count). The molecule has 0 heterocycles. The molecule has 20 heavy (non-hydrogen) atoms. The number of aliphatic carboxylic acids is 1. The van der Waals surface area contributed by atoms with Gasteiger partial charge in [0.25, 0.3) is 0 Å². The van der Waals surface area contributed by atoms with Crippen LogP contribution in [0.25, 0.3) is 0 Å². The van der Waals surface area contributed by atoms with Gasteiger partial charge in [0.15, 0.2) is 0 Å². The number of amides is 1. The van der Waals surface area contributed by atoms with Crippen LogP contribution in [-0.4, -0.2) is 23.0 Å². The molecule has 0 bridgehead atoms. The molecule has 0 aliphatic carbocycles. The maximum absolute atomic E-state index is 11.9. The Morgan fingerprint density at radius 1 is 1.10 bits per heavy atom. The zero-order chi connectivity index (χ0) is 15.3. The van der Waals surface area contributed by atoms with Gasteiger partial charge in [0.1, 0.15) is 6.04 Å². The van der Waals surface area contributed by atoms with E-state index >= 15 is 0 Å². The van der Waals surface area contributed by atoms with Crippen LogP contribution < -0.4 is 5.32 Å². The van der Waals surface area contributed by atoms with E-state index in [1.54, 1.807) is 6.92 Å². The minimum atomic E-state index is -1.03. The molecule has 4 nitrogen and oxygen atoms in total. The number of hydrogen-bond donors (Lipinski definition) is 2. The molecule has 0 fully saturated rings. The standard InChI is InChI=1S/C16H23NO3/c1-10(2)9-13-5-7-14(8-6-13)11(3)15(18)17-12(4)16(19)20/h5-8,10-12H,9H2,1-4H3,(H,17,18)(H,19,20)/t11-,12-/m0/s1. The lowest BCUT2D eigenvalue weighted by Gasteiger charge is -2.15. The van der Waals surface area contributed by atoms with E-state index in [2.05, 4.69) is 19.2 Å². The first kappa shape index (κ1) is 16.2. The van der Waals surface area contributed by atoms with E-state index in [1.165, 1.54) is 12.5 Å². The second-order valence-electron chi connectivity index (χ2n) is 5.63. The predicted molar refractivity (Wildman–Crippen MR) is 78.6 cm³/mol. The first-order chi connectivity index (χ1) is 9.31. The summed E-state index contributed by atoms with van der Waals surface area (Å²) in [6, 6.07) is 7.06. The van der Waals surface area contributed by atoms with Crippen LogP contribution in [0.3, 0.4) is 0 Å². The van der Waals surface area contributed by atoms with Gasteiger partial charge in [-0.1, -0.05) is 38.1 Å². The molecule has 1 amide bonds. The van der Waals surface area contributed by atoms with E-state index < -0.39 is 12.0 Å². The lowest BCUT2D eigenvalue weighted by molar-refractivity contribution is -0.141. The van der Waals surface area contributed by atoms with Crippen LogP contribution in [0.15, 0.2) is 24.3 Å². The largest absolute Gasteiger partial charge is 0.480 e. The van der Waals surface area contributed by atoms with Crippen molar-refractivity contribution in [1.29, 1.82) is 0 Å². The number of benzene rings is 1. The Bertz CT molecular complexity index is 465. The number of carbonyl (C=O) groups is 2. The van der Waals surface area contributed by atoms with Gasteiger partial charge in [-0.2, -0.15) is 0 Å². The van der Waals surface area contributed by atoms with Crippen molar-refractivity contribution >= 4 is 11.9 Å². The van der Waals surface area contributed by atoms with Crippen molar-refractivity contribution in [3.8, 4) is 0 Å². The normalized spacial score (nSPS) is 13.8. The summed E-state index contributed by atoms with van der Waals surface area (Å²) in [5.41, 5.74) is 2.14. The van der Waals surface area contributed by atoms with Gasteiger partial charge >= 0.3 is 5.97 Å². The molecule has 0 radical (unpaired) electrons. The third-order valence-corrected chi connectivity index (χ3v) is 3.25. The highest BCUT2D eigenvalue weighted by Gasteiger charge is 2.20. The highest BCUT2D eigenvalue weighted by Crippen LogP contribution is 2.17. The first-order valence-electron chi connectivity index (χ1n) is 6.93. The van der Waals surface area contributed by atoms with Crippen molar-refractivity contribution in [2.24, 2.45) is 5.92 Å². The van der Waals surface area contributed by atoms with Gasteiger partial charge in [-0.25, -0.2) is 0 Å². The van der Waals surface area contributed by atoms with E-state index in [9.17, 15) is 9.59 Å². The molecule has 110 valence electrons. The number of carboxylic acid groups (broad SMARTS) is 1. The third-order valence-electron chi connectivity index (χ3n) is 3.25. The van der Waals surface area contributed by atoms with Gasteiger partial charge in [-0.15, -0.1) is 0 Å². The Morgan fingerprint density at radius 2 is 1.65 bits per heavy atom. The summed E-state index contributed by atoms with van der Waals surface area (Å²) in [5.74, 6) is -1.06. The SMILES string of the molecule is CC(C)Cc1ccc([C@H](C)C(=O)N[C@@H](C)C(=O)O)cc1. The first-order valence-corrected chi connectivity index (χ1v) is 6.93. The van der Waals surface area contributed by atoms with Crippen LogP contribution in [0, 0.1) is 5.92 Å². The Hall–Kier alpha value is -1.84. The lowest BCUT2D eigenvalue weighted by atomic mass is 9.96. The van der Waals surface area contributed by atoms with Crippen molar-refractivity contribution < 1.29 is 14.7 Å². The quantitative estimate of drug-likeness (QED) is 0.840. The molecule has 0 unspecified atom stereocenters. The molecule has 0 aliphatic heterocycles. The zero-order valence-corrected chi connectivity index (χ0v) is 12.5. The van der Waals surface area contributed by atoms with Crippen LogP contribution >= 0.6 is 0 Å². The monoisotopic (exact) mass is 277 g/mol. The molecule has 0 aliphatic rings. The van der Waals surface area contributed by atoms with E-state index in [-0.39, 0.29) is 11.8 Å². The van der Waals surface area contributed by atoms with Crippen LogP contribution in [0.1, 0.15) is 44.7 Å². The predicted octanol–water partition coefficient (Wildman–Crippen LogP) is 2.58. The number of carbonyl (C=O) groups excluding carboxylic acids is 1. The summed E-state index contributed by atoms with van der Waals surface area (Å²) in [6.45, 7) is 7.56. The average Bonchev–Trinajstić information content (AvgIpc) is 2.37. The van der Waals surface area contributed by atoms with Gasteiger partial charge in [0, 0.05) is 0 Å². The minimum absolute atomic E-state index is 0.267. The van der Waals surface area contributed by atoms with Gasteiger partial charge in [0.2, 0.25) is 5.91 Å². The molecule has 2 atom stereocenters. The highest BCUT2D eigenvalue weighted by molar-refractivity contribution is 5.87. The van der Waals surface area contributed by atoms with Crippen LogP contribution in [0.4, 0.5) is 0 Å². The maximum atomic E-state index is 11.9. The van der Waals surface area contributed by atoms with Crippen molar-refractivity contribution in [3.63, 3.8) is 0 Å². The smallest absolute Gasteiger partial charge is 0.325 e. The highest BCUT2D eigenvalue weighted by atomic mass is 16.4. The van der Waals surface area contributed by atoms with Crippen molar-refractivity contribution in [2.75, 3.05) is 0 Å². The van der Waals surface area contributed by atoms with E-state index in [0.717, 1.165) is 12.0 Å². The van der Waals surface area contributed by atoms with Gasteiger partial charge in [-0.3, -0.25) is 9.59 Å². The molecule has 0 spiro atoms. The number of hydrogen-bond acceptors (Lipinski definition) is 2. The van der Waals surface area contributed by atoms with E-state index in [4.69, 9.17) is 5.11 Å². The molecule has 1 aromatic rings. The van der Waals surface area contributed by atoms with Crippen LogP contribution in [0.5, 0.6) is 0 Å². The maximum Gasteiger partial charge on any atom is 0.325 e. The molecule has 4 heteroatoms. The van der Waals surface area contributed by atoms with Crippen molar-refractivity contribution in [1.82, 2.24) is 5.32 Å². The fourth-order valence-corrected chi connectivity index (χ4v) is 1.97. The molecular weight excluding hydrogens is 254 g/mol. The number of rotatable bonds is 6. The fraction of sp³-hybridized carbons (Fsp3) is 0.500.